The van der Waals surface area contributed by atoms with Crippen LogP contribution in [0.3, 0.4) is 0 Å². The fourth-order valence-corrected chi connectivity index (χ4v) is 3.60. The lowest BCUT2D eigenvalue weighted by Gasteiger charge is -2.25. The number of carbonyl (C=O) groups is 1. The Bertz CT molecular complexity index is 995. The first kappa shape index (κ1) is 21.5. The van der Waals surface area contributed by atoms with Gasteiger partial charge in [-0.15, -0.1) is 0 Å². The number of hydrogen-bond acceptors (Lipinski definition) is 5. The van der Waals surface area contributed by atoms with E-state index in [1.807, 2.05) is 42.5 Å². The summed E-state index contributed by atoms with van der Waals surface area (Å²) in [4.78, 5) is 14.6. The summed E-state index contributed by atoms with van der Waals surface area (Å²) in [6, 6.07) is 17.1. The Morgan fingerprint density at radius 2 is 1.70 bits per heavy atom. The van der Waals surface area contributed by atoms with Crippen molar-refractivity contribution in [2.75, 3.05) is 25.1 Å². The summed E-state index contributed by atoms with van der Waals surface area (Å²) in [6.45, 7) is 6.28. The number of phenols is 1. The van der Waals surface area contributed by atoms with Crippen LogP contribution in [0.15, 0.2) is 54.6 Å². The molecule has 0 aliphatic carbocycles. The van der Waals surface area contributed by atoms with E-state index in [4.69, 9.17) is 9.47 Å². The first-order valence-corrected chi connectivity index (χ1v) is 10.4. The average molecular weight is 408 g/mol. The minimum atomic E-state index is -0.497. The van der Waals surface area contributed by atoms with Gasteiger partial charge in [0.15, 0.2) is 0 Å². The fourth-order valence-electron chi connectivity index (χ4n) is 3.60. The normalized spacial score (nSPS) is 10.8. The van der Waals surface area contributed by atoms with E-state index in [0.717, 1.165) is 42.6 Å². The highest BCUT2D eigenvalue weighted by Crippen LogP contribution is 2.38. The standard InChI is InChI=1S/C25H29NO4/c1-4-13-26(14-5-2)22-12-11-19-15-23(30-17-18-9-7-6-8-10-18)21(25(28)29-3)16-20(19)24(22)27/h6-12,15-16,27H,4-5,13-14,17H2,1-3H3. The Labute approximate surface area is 177 Å². The van der Waals surface area contributed by atoms with Crippen LogP contribution in [0, 0.1) is 0 Å². The number of ether oxygens (including phenoxy) is 2. The molecular formula is C25H29NO4. The van der Waals surface area contributed by atoms with Gasteiger partial charge < -0.3 is 19.5 Å². The van der Waals surface area contributed by atoms with Crippen molar-refractivity contribution in [1.82, 2.24) is 0 Å². The number of nitrogens with zero attached hydrogens (tertiary/aromatic N) is 1. The van der Waals surface area contributed by atoms with Gasteiger partial charge in [-0.05, 0) is 42.0 Å². The Hall–Kier alpha value is -3.21. The van der Waals surface area contributed by atoms with E-state index < -0.39 is 5.97 Å². The largest absolute Gasteiger partial charge is 0.505 e. The van der Waals surface area contributed by atoms with Crippen molar-refractivity contribution < 1.29 is 19.4 Å². The van der Waals surface area contributed by atoms with Crippen LogP contribution in [-0.4, -0.2) is 31.3 Å². The Balaban J connectivity index is 2.03. The molecular weight excluding hydrogens is 378 g/mol. The molecule has 0 aromatic heterocycles. The van der Waals surface area contributed by atoms with E-state index in [9.17, 15) is 9.90 Å². The quantitative estimate of drug-likeness (QED) is 0.472. The number of carbonyl (C=O) groups excluding carboxylic acids is 1. The highest BCUT2D eigenvalue weighted by molar-refractivity contribution is 6.02. The Morgan fingerprint density at radius 1 is 1.00 bits per heavy atom. The lowest BCUT2D eigenvalue weighted by atomic mass is 10.0. The number of fused-ring (bicyclic) bond motifs is 1. The third-order valence-electron chi connectivity index (χ3n) is 5.04. The molecule has 3 aromatic rings. The molecule has 0 radical (unpaired) electrons. The summed E-state index contributed by atoms with van der Waals surface area (Å²) < 4.78 is 10.9. The molecule has 5 heteroatoms. The summed E-state index contributed by atoms with van der Waals surface area (Å²) in [6.07, 6.45) is 1.97. The predicted molar refractivity (Wildman–Crippen MR) is 121 cm³/mol. The van der Waals surface area contributed by atoms with E-state index in [1.165, 1.54) is 7.11 Å². The smallest absolute Gasteiger partial charge is 0.341 e. The third kappa shape index (κ3) is 4.67. The molecule has 0 saturated carbocycles. The first-order valence-electron chi connectivity index (χ1n) is 10.4. The van der Waals surface area contributed by atoms with Crippen LogP contribution in [-0.2, 0) is 11.3 Å². The van der Waals surface area contributed by atoms with E-state index in [0.29, 0.717) is 23.3 Å². The molecule has 0 heterocycles. The van der Waals surface area contributed by atoms with Gasteiger partial charge in [-0.2, -0.15) is 0 Å². The van der Waals surface area contributed by atoms with Crippen LogP contribution >= 0.6 is 0 Å². The van der Waals surface area contributed by atoms with Gasteiger partial charge in [-0.1, -0.05) is 50.2 Å². The van der Waals surface area contributed by atoms with Crippen LogP contribution in [0.5, 0.6) is 11.5 Å². The lowest BCUT2D eigenvalue weighted by molar-refractivity contribution is 0.0596. The Morgan fingerprint density at radius 3 is 2.33 bits per heavy atom. The third-order valence-corrected chi connectivity index (χ3v) is 5.04. The SMILES string of the molecule is CCCN(CCC)c1ccc2cc(OCc3ccccc3)c(C(=O)OC)cc2c1O. The Kier molecular flexibility index (Phi) is 7.17. The van der Waals surface area contributed by atoms with Gasteiger partial charge in [0, 0.05) is 18.5 Å². The van der Waals surface area contributed by atoms with Crippen LogP contribution in [0.25, 0.3) is 10.8 Å². The van der Waals surface area contributed by atoms with Crippen LogP contribution < -0.4 is 9.64 Å². The minimum Gasteiger partial charge on any atom is -0.505 e. The maximum Gasteiger partial charge on any atom is 0.341 e. The van der Waals surface area contributed by atoms with Gasteiger partial charge in [-0.3, -0.25) is 0 Å². The molecule has 0 saturated heterocycles. The van der Waals surface area contributed by atoms with Gasteiger partial charge in [-0.25, -0.2) is 4.79 Å². The molecule has 0 fully saturated rings. The summed E-state index contributed by atoms with van der Waals surface area (Å²) in [5, 5.41) is 12.4. The summed E-state index contributed by atoms with van der Waals surface area (Å²) in [5.41, 5.74) is 2.08. The van der Waals surface area contributed by atoms with Crippen LogP contribution in [0.1, 0.15) is 42.6 Å². The molecule has 0 spiro atoms. The second kappa shape index (κ2) is 10.0. The van der Waals surface area contributed by atoms with Crippen molar-refractivity contribution >= 4 is 22.4 Å². The van der Waals surface area contributed by atoms with E-state index in [-0.39, 0.29) is 5.75 Å². The molecule has 0 amide bonds. The van der Waals surface area contributed by atoms with E-state index in [2.05, 4.69) is 18.7 Å². The molecule has 1 N–H and O–H groups in total. The molecule has 0 unspecified atom stereocenters. The molecule has 0 aliphatic heterocycles. The van der Waals surface area contributed by atoms with Crippen molar-refractivity contribution in [3.05, 3.63) is 65.7 Å². The number of methoxy groups -OCH3 is 1. The molecule has 0 bridgehead atoms. The zero-order valence-corrected chi connectivity index (χ0v) is 17.9. The monoisotopic (exact) mass is 407 g/mol. The number of aromatic hydroxyl groups is 1. The topological polar surface area (TPSA) is 59.0 Å². The van der Waals surface area contributed by atoms with Crippen molar-refractivity contribution in [1.29, 1.82) is 0 Å². The van der Waals surface area contributed by atoms with Gasteiger partial charge in [0.1, 0.15) is 23.7 Å². The summed E-state index contributed by atoms with van der Waals surface area (Å²) in [5.74, 6) is 0.113. The van der Waals surface area contributed by atoms with Crippen molar-refractivity contribution in [2.24, 2.45) is 0 Å². The van der Waals surface area contributed by atoms with Crippen LogP contribution in [0.2, 0.25) is 0 Å². The maximum absolute atomic E-state index is 12.4. The van der Waals surface area contributed by atoms with Crippen molar-refractivity contribution in [2.45, 2.75) is 33.3 Å². The minimum absolute atomic E-state index is 0.175. The highest BCUT2D eigenvalue weighted by atomic mass is 16.5. The zero-order chi connectivity index (χ0) is 21.5. The molecule has 3 rings (SSSR count). The second-order valence-electron chi connectivity index (χ2n) is 7.26. The number of anilines is 1. The van der Waals surface area contributed by atoms with E-state index in [1.54, 1.807) is 12.1 Å². The molecule has 5 nitrogen and oxygen atoms in total. The number of benzene rings is 3. The zero-order valence-electron chi connectivity index (χ0n) is 17.9. The van der Waals surface area contributed by atoms with Gasteiger partial charge >= 0.3 is 5.97 Å². The van der Waals surface area contributed by atoms with Gasteiger partial charge in [0.25, 0.3) is 0 Å². The molecule has 30 heavy (non-hydrogen) atoms. The van der Waals surface area contributed by atoms with Crippen molar-refractivity contribution in [3.8, 4) is 11.5 Å². The molecule has 0 atom stereocenters. The molecule has 0 aliphatic rings. The molecule has 158 valence electrons. The summed E-state index contributed by atoms with van der Waals surface area (Å²) >= 11 is 0. The van der Waals surface area contributed by atoms with Crippen molar-refractivity contribution in [3.63, 3.8) is 0 Å². The number of rotatable bonds is 9. The van der Waals surface area contributed by atoms with Gasteiger partial charge in [0.05, 0.1) is 12.8 Å². The van der Waals surface area contributed by atoms with E-state index >= 15 is 0 Å². The number of hydrogen-bond donors (Lipinski definition) is 1. The lowest BCUT2D eigenvalue weighted by Crippen LogP contribution is -2.24. The highest BCUT2D eigenvalue weighted by Gasteiger charge is 2.19. The summed E-state index contributed by atoms with van der Waals surface area (Å²) in [7, 11) is 1.34. The van der Waals surface area contributed by atoms with Crippen LogP contribution in [0.4, 0.5) is 5.69 Å². The number of phenolic OH excluding ortho intramolecular Hbond substituents is 1. The fraction of sp³-hybridized carbons (Fsp3) is 0.320. The molecule has 3 aromatic carbocycles. The maximum atomic E-state index is 12.4. The number of esters is 1. The second-order valence-corrected chi connectivity index (χ2v) is 7.26. The average Bonchev–Trinajstić information content (AvgIpc) is 2.77. The predicted octanol–water partition coefficient (Wildman–Crippen LogP) is 5.54. The van der Waals surface area contributed by atoms with Gasteiger partial charge in [0.2, 0.25) is 0 Å². The first-order chi connectivity index (χ1) is 14.6.